The van der Waals surface area contributed by atoms with Crippen LogP contribution in [0.3, 0.4) is 0 Å². The van der Waals surface area contributed by atoms with E-state index in [0.29, 0.717) is 0 Å². The Labute approximate surface area is 119 Å². The molecule has 0 fully saturated rings. The van der Waals surface area contributed by atoms with E-state index >= 15 is 0 Å². The molecule has 1 aromatic rings. The van der Waals surface area contributed by atoms with E-state index in [1.54, 1.807) is 12.1 Å². The van der Waals surface area contributed by atoms with E-state index in [1.807, 2.05) is 13.0 Å². The Morgan fingerprint density at radius 1 is 1.25 bits per heavy atom. The largest absolute Gasteiger partial charge is 0.435 e. The quantitative estimate of drug-likeness (QED) is 0.754. The monoisotopic (exact) mass is 284 g/mol. The van der Waals surface area contributed by atoms with Gasteiger partial charge in [-0.25, -0.2) is 0 Å². The van der Waals surface area contributed by atoms with Crippen LogP contribution in [0.2, 0.25) is 0 Å². The van der Waals surface area contributed by atoms with Gasteiger partial charge in [-0.2, -0.15) is 8.78 Å². The average Bonchev–Trinajstić information content (AvgIpc) is 2.40. The Morgan fingerprint density at radius 2 is 2.00 bits per heavy atom. The fourth-order valence-electron chi connectivity index (χ4n) is 2.87. The summed E-state index contributed by atoms with van der Waals surface area (Å²) in [5.74, 6) is 0.488. The number of ether oxygens (including phenoxy) is 2. The van der Waals surface area contributed by atoms with E-state index in [4.69, 9.17) is 4.74 Å². The van der Waals surface area contributed by atoms with E-state index in [1.165, 1.54) is 5.56 Å². The first-order valence-corrected chi connectivity index (χ1v) is 7.27. The van der Waals surface area contributed by atoms with Crippen molar-refractivity contribution in [2.75, 3.05) is 0 Å². The average molecular weight is 284 g/mol. The van der Waals surface area contributed by atoms with Gasteiger partial charge in [0.15, 0.2) is 0 Å². The number of hydrogen-bond donors (Lipinski definition) is 0. The summed E-state index contributed by atoms with van der Waals surface area (Å²) in [5.41, 5.74) is 2.15. The highest BCUT2D eigenvalue weighted by Crippen LogP contribution is 2.40. The van der Waals surface area contributed by atoms with Gasteiger partial charge < -0.3 is 9.47 Å². The van der Waals surface area contributed by atoms with Crippen LogP contribution in [0.15, 0.2) is 18.2 Å². The summed E-state index contributed by atoms with van der Waals surface area (Å²) in [6.45, 7) is 3.48. The van der Waals surface area contributed by atoms with Crippen molar-refractivity contribution < 1.29 is 18.3 Å². The third-order valence-corrected chi connectivity index (χ3v) is 3.99. The highest BCUT2D eigenvalue weighted by molar-refractivity contribution is 5.40. The van der Waals surface area contributed by atoms with E-state index in [9.17, 15) is 8.78 Å². The lowest BCUT2D eigenvalue weighted by atomic mass is 9.84. The van der Waals surface area contributed by atoms with E-state index in [2.05, 4.69) is 18.6 Å². The van der Waals surface area contributed by atoms with Crippen LogP contribution >= 0.6 is 0 Å². The van der Waals surface area contributed by atoms with Gasteiger partial charge in [-0.1, -0.05) is 32.8 Å². The number of hydrogen-bond acceptors (Lipinski definition) is 2. The first-order chi connectivity index (χ1) is 9.52. The van der Waals surface area contributed by atoms with Gasteiger partial charge in [0.05, 0.1) is 12.2 Å². The fraction of sp³-hybridized carbons (Fsp3) is 0.625. The van der Waals surface area contributed by atoms with Crippen LogP contribution in [0.25, 0.3) is 0 Å². The van der Waals surface area contributed by atoms with E-state index < -0.39 is 6.61 Å². The van der Waals surface area contributed by atoms with Gasteiger partial charge in [-0.3, -0.25) is 0 Å². The van der Waals surface area contributed by atoms with Crippen molar-refractivity contribution in [3.05, 3.63) is 29.3 Å². The zero-order valence-electron chi connectivity index (χ0n) is 12.2. The Balaban J connectivity index is 2.21. The van der Waals surface area contributed by atoms with Gasteiger partial charge in [0, 0.05) is 5.92 Å². The Bertz CT molecular complexity index is 448. The molecule has 1 aromatic carbocycles. The summed E-state index contributed by atoms with van der Waals surface area (Å²) >= 11 is 0. The summed E-state index contributed by atoms with van der Waals surface area (Å²) in [7, 11) is 0. The summed E-state index contributed by atoms with van der Waals surface area (Å²) in [4.78, 5) is 0. The van der Waals surface area contributed by atoms with Crippen LogP contribution in [0.5, 0.6) is 5.75 Å². The predicted molar refractivity (Wildman–Crippen MR) is 74.3 cm³/mol. The van der Waals surface area contributed by atoms with E-state index in [-0.39, 0.29) is 23.9 Å². The van der Waals surface area contributed by atoms with E-state index in [0.717, 1.165) is 24.8 Å². The van der Waals surface area contributed by atoms with Crippen molar-refractivity contribution in [2.45, 2.75) is 64.8 Å². The van der Waals surface area contributed by atoms with Gasteiger partial charge in [0.2, 0.25) is 0 Å². The summed E-state index contributed by atoms with van der Waals surface area (Å²) in [6.07, 6.45) is 3.46. The number of alkyl halides is 2. The summed E-state index contributed by atoms with van der Waals surface area (Å²) < 4.78 is 35.1. The molecular formula is C16H22F2O2. The molecule has 0 saturated heterocycles. The normalized spacial score (nSPS) is 25.6. The molecule has 4 heteroatoms. The van der Waals surface area contributed by atoms with Crippen LogP contribution in [-0.4, -0.2) is 12.7 Å². The Morgan fingerprint density at radius 3 is 2.65 bits per heavy atom. The van der Waals surface area contributed by atoms with Crippen LogP contribution in [-0.2, 0) is 4.74 Å². The molecule has 1 heterocycles. The zero-order valence-corrected chi connectivity index (χ0v) is 12.2. The van der Waals surface area contributed by atoms with Crippen molar-refractivity contribution in [1.82, 2.24) is 0 Å². The molecule has 1 aliphatic heterocycles. The zero-order chi connectivity index (χ0) is 14.7. The minimum Gasteiger partial charge on any atom is -0.435 e. The molecule has 0 aromatic heterocycles. The van der Waals surface area contributed by atoms with Crippen molar-refractivity contribution >= 4 is 0 Å². The summed E-state index contributed by atoms with van der Waals surface area (Å²) in [6, 6.07) is 5.20. The first-order valence-electron chi connectivity index (χ1n) is 7.27. The minimum absolute atomic E-state index is 0.0794. The highest BCUT2D eigenvalue weighted by Gasteiger charge is 2.31. The second-order valence-electron chi connectivity index (χ2n) is 5.42. The lowest BCUT2D eigenvalue weighted by molar-refractivity contribution is -0.0515. The molecule has 112 valence electrons. The Hall–Kier alpha value is -1.16. The minimum atomic E-state index is -2.79. The van der Waals surface area contributed by atoms with Crippen molar-refractivity contribution in [2.24, 2.45) is 0 Å². The maximum absolute atomic E-state index is 12.3. The molecule has 2 nitrogen and oxygen atoms in total. The highest BCUT2D eigenvalue weighted by atomic mass is 19.3. The molecule has 0 bridgehead atoms. The molecule has 0 spiro atoms. The van der Waals surface area contributed by atoms with Gasteiger partial charge in [-0.15, -0.1) is 0 Å². The van der Waals surface area contributed by atoms with Crippen molar-refractivity contribution in [1.29, 1.82) is 0 Å². The first kappa shape index (κ1) is 15.2. The van der Waals surface area contributed by atoms with Crippen LogP contribution < -0.4 is 4.74 Å². The predicted octanol–water partition coefficient (Wildman–Crippen LogP) is 5.04. The van der Waals surface area contributed by atoms with Gasteiger partial charge in [0.25, 0.3) is 0 Å². The number of halogens is 2. The third-order valence-electron chi connectivity index (χ3n) is 3.99. The molecule has 2 rings (SSSR count). The van der Waals surface area contributed by atoms with Crippen LogP contribution in [0.1, 0.15) is 63.2 Å². The number of rotatable bonds is 5. The van der Waals surface area contributed by atoms with Gasteiger partial charge in [-0.05, 0) is 36.6 Å². The molecule has 3 atom stereocenters. The maximum atomic E-state index is 12.3. The molecule has 1 unspecified atom stereocenters. The second kappa shape index (κ2) is 6.53. The van der Waals surface area contributed by atoms with Crippen molar-refractivity contribution in [3.8, 4) is 5.75 Å². The molecule has 0 amide bonds. The molecule has 0 radical (unpaired) electrons. The summed E-state index contributed by atoms with van der Waals surface area (Å²) in [5, 5.41) is 0. The fourth-order valence-corrected chi connectivity index (χ4v) is 2.87. The standard InChI is InChI=1S/C16H22F2O2/c1-4-5-6-15-10(2)13-8-7-12(20-16(17)18)9-14(13)11(3)19-15/h7-11,15-16H,4-6H2,1-3H3/t10-,11-,15?/m0/s1. The molecule has 20 heavy (non-hydrogen) atoms. The second-order valence-corrected chi connectivity index (χ2v) is 5.42. The molecule has 0 aliphatic carbocycles. The topological polar surface area (TPSA) is 18.5 Å². The molecule has 0 N–H and O–H groups in total. The lowest BCUT2D eigenvalue weighted by Gasteiger charge is -2.36. The molecule has 1 aliphatic rings. The number of unbranched alkanes of at least 4 members (excludes halogenated alkanes) is 1. The smallest absolute Gasteiger partial charge is 0.387 e. The van der Waals surface area contributed by atoms with Crippen molar-refractivity contribution in [3.63, 3.8) is 0 Å². The molecular weight excluding hydrogens is 262 g/mol. The molecule has 0 saturated carbocycles. The Kier molecular flexibility index (Phi) is 4.97. The van der Waals surface area contributed by atoms with Gasteiger partial charge >= 0.3 is 6.61 Å². The van der Waals surface area contributed by atoms with Gasteiger partial charge in [0.1, 0.15) is 5.75 Å². The number of benzene rings is 1. The lowest BCUT2D eigenvalue weighted by Crippen LogP contribution is -2.28. The SMILES string of the molecule is CCCCC1O[C@@H](C)c2cc(OC(F)F)ccc2[C@@H]1C. The number of fused-ring (bicyclic) bond motifs is 1. The van der Waals surface area contributed by atoms with Crippen LogP contribution in [0.4, 0.5) is 8.78 Å². The van der Waals surface area contributed by atoms with Crippen LogP contribution in [0, 0.1) is 0 Å². The third kappa shape index (κ3) is 3.29. The maximum Gasteiger partial charge on any atom is 0.387 e.